The molecular weight excluding hydrogens is 1690 g/mol. The third kappa shape index (κ3) is 28.3. The minimum atomic E-state index is -1.36. The van der Waals surface area contributed by atoms with Crippen LogP contribution in [0.1, 0.15) is 142 Å². The second-order valence-electron chi connectivity index (χ2n) is 35.6. The summed E-state index contributed by atoms with van der Waals surface area (Å²) in [5.41, 5.74) is 9.47. The molecule has 8 amide bonds. The summed E-state index contributed by atoms with van der Waals surface area (Å²) in [5.74, 6) is -3.46. The molecular formula is C89H129B4N13O25. The van der Waals surface area contributed by atoms with E-state index in [4.69, 9.17) is 23.7 Å². The van der Waals surface area contributed by atoms with Crippen molar-refractivity contribution in [2.24, 2.45) is 0 Å². The summed E-state index contributed by atoms with van der Waals surface area (Å²) in [4.78, 5) is 148. The number of esters is 2. The normalized spacial score (nSPS) is 24.1. The number of carbonyl (C=O) groups excluding carboxylic acids is 10. The number of aliphatic hydroxyl groups excluding tert-OH is 3. The first-order valence-corrected chi connectivity index (χ1v) is 45.9. The van der Waals surface area contributed by atoms with Gasteiger partial charge in [0.15, 0.2) is 12.2 Å². The zero-order chi connectivity index (χ0) is 94.4. The highest BCUT2D eigenvalue weighted by molar-refractivity contribution is 6.47. The van der Waals surface area contributed by atoms with Crippen molar-refractivity contribution in [3.63, 3.8) is 0 Å². The Labute approximate surface area is 765 Å². The molecule has 4 aromatic carbocycles. The standard InChI is InChI=1S/C25H37BN4O6.C24H34N4O5.C17H23BN2O5.C16H21BN2O5.C7H14BNO4/c1-3-6-20(22(31)24(33)27-18-9-10-18)28-23(32)21-13-19(15-30(21)26(2)35)36-25(34)29-12-11-16-7-4-5-8-17(16)14-29;1-2-5-19(21(29)23(31)26-17-8-9-17)27-22(30)20-12-18(13-25-20)33-24(32)28-11-10-15-6-3-4-7-16(15)14-28;1-18(23)20-11-14(9-15(20)16(21)24-2)25-17(22)19-8-7-12-5-3-4-6-13(12)10-19;1-17(23)19-10-13(8-14(19)15(20)21)24-16(22)18-7-6-11-4-2-3-5-12(11)9-18;1-8(12)9-4-5(10)3-6(9)7(11)13-2/h4-5,7-8,18-22,31,35H,3,6,9-15H2,1-2H3,(H,27,33)(H,28,32);3-4,6-7,17-21,25,29H,2,5,8-14H2,1H3,(H,26,31)(H,27,30);3-6,14-15,23H,7-11H2,1-2H3;2-5,13-14,23H,6-10H2,1H3,(H,20,21);5-6,10,12H,3-4H2,1-2H3/t19-,20?,21+,22?;18-,19?,20+,21?;14-,15+;13-,14+;5-,6+/m11111/s1. The molecule has 7 fully saturated rings. The molecule has 0 spiro atoms. The quantitative estimate of drug-likeness (QED) is 0.0256. The average molecular weight is 1820 g/mol. The molecule has 2 saturated carbocycles. The van der Waals surface area contributed by atoms with Gasteiger partial charge < -0.3 is 134 Å². The number of carbonyl (C=O) groups is 11. The second kappa shape index (κ2) is 48.1. The van der Waals surface area contributed by atoms with Crippen LogP contribution in [-0.2, 0) is 114 Å². The van der Waals surface area contributed by atoms with Gasteiger partial charge in [0.1, 0.15) is 42.5 Å². The van der Waals surface area contributed by atoms with Crippen molar-refractivity contribution in [1.82, 2.24) is 65.4 Å². The first-order chi connectivity index (χ1) is 62.7. The zero-order valence-electron chi connectivity index (χ0n) is 76.1. The smallest absolute Gasteiger partial charge is 0.410 e. The summed E-state index contributed by atoms with van der Waals surface area (Å²) in [5, 5.41) is 93.0. The first kappa shape index (κ1) is 102. The second-order valence-corrected chi connectivity index (χ2v) is 35.6. The molecule has 11 aliphatic rings. The molecule has 9 aliphatic heterocycles. The van der Waals surface area contributed by atoms with Crippen LogP contribution in [0.25, 0.3) is 0 Å². The van der Waals surface area contributed by atoms with Crippen LogP contribution in [0.2, 0.25) is 27.3 Å². The number of β-amino-alcohol motifs (C(OH)–C–C–N with tert-alkyl or cyclic N) is 1. The summed E-state index contributed by atoms with van der Waals surface area (Å²) in [7, 11) is -0.757. The molecule has 15 rings (SSSR count). The van der Waals surface area contributed by atoms with Crippen LogP contribution < -0.4 is 26.6 Å². The SMILES string of the molecule is CB(O)N1C[C@H](OC(=O)N2CCc3ccccc3C2)C[C@H]1C(=O)O.CCCC(NC(=O)[C@@H]1C[C@@H](OC(=O)N2CCc3ccccc3C2)CN1)C(O)C(=O)NC1CC1.CCCC(NC(=O)[C@@H]1C[C@@H](OC(=O)N2CCc3ccccc3C2)CN1B(C)O)C(O)C(=O)NC1CC1.COC(=O)[C@@H]1C[C@@H](O)CN1B(C)O.COC(=O)[C@@H]1C[C@@H](OC(=O)N2CCc3ccccc3C2)CN1B(C)O. The van der Waals surface area contributed by atoms with Gasteiger partial charge in [-0.3, -0.25) is 33.6 Å². The number of fused-ring (bicyclic) bond motifs is 4. The van der Waals surface area contributed by atoms with E-state index in [1.54, 1.807) is 49.7 Å². The van der Waals surface area contributed by atoms with E-state index in [0.29, 0.717) is 111 Å². The molecule has 0 aromatic heterocycles. The fourth-order valence-electron chi connectivity index (χ4n) is 18.1. The van der Waals surface area contributed by atoms with E-state index in [-0.39, 0.29) is 56.1 Å². The number of hydrogen-bond donors (Lipinski definition) is 13. The molecule has 14 atom stereocenters. The van der Waals surface area contributed by atoms with E-state index in [9.17, 15) is 93.3 Å². The van der Waals surface area contributed by atoms with E-state index >= 15 is 0 Å². The van der Waals surface area contributed by atoms with Gasteiger partial charge in [-0.2, -0.15) is 0 Å². The van der Waals surface area contributed by atoms with Gasteiger partial charge in [0.25, 0.3) is 11.8 Å². The lowest BCUT2D eigenvalue weighted by molar-refractivity contribution is -0.145. The number of hydrogen-bond acceptors (Lipinski definition) is 29. The number of benzene rings is 4. The molecule has 9 heterocycles. The van der Waals surface area contributed by atoms with Gasteiger partial charge in [-0.1, -0.05) is 124 Å². The minimum Gasteiger partial charge on any atom is -0.480 e. The van der Waals surface area contributed by atoms with Crippen LogP contribution in [0, 0.1) is 0 Å². The highest BCUT2D eigenvalue weighted by atomic mass is 16.6. The predicted octanol–water partition coefficient (Wildman–Crippen LogP) is 1.93. The lowest BCUT2D eigenvalue weighted by Gasteiger charge is -2.29. The average Bonchev–Trinajstić information content (AvgIpc) is 1.76. The minimum absolute atomic E-state index is 0.106. The summed E-state index contributed by atoms with van der Waals surface area (Å²) < 4.78 is 31.9. The number of nitrogens with one attached hydrogen (secondary N) is 5. The summed E-state index contributed by atoms with van der Waals surface area (Å²) >= 11 is 0. The maximum absolute atomic E-state index is 13.2. The van der Waals surface area contributed by atoms with Gasteiger partial charge in [-0.15, -0.1) is 0 Å². The maximum atomic E-state index is 13.2. The molecule has 5 saturated heterocycles. The fraction of sp³-hybridized carbons (Fsp3) is 0.607. The third-order valence-electron chi connectivity index (χ3n) is 25.7. The number of aliphatic hydroxyl groups is 3. The highest BCUT2D eigenvalue weighted by Gasteiger charge is 2.48. The third-order valence-corrected chi connectivity index (χ3v) is 25.7. The Morgan fingerprint density at radius 2 is 0.725 bits per heavy atom. The lowest BCUT2D eigenvalue weighted by atomic mass is 9.84. The first-order valence-electron chi connectivity index (χ1n) is 45.9. The molecule has 2 aliphatic carbocycles. The van der Waals surface area contributed by atoms with E-state index < -0.39 is 161 Å². The molecule has 712 valence electrons. The highest BCUT2D eigenvalue weighted by Crippen LogP contribution is 2.32. The van der Waals surface area contributed by atoms with Gasteiger partial charge in [-0.05, 0) is 142 Å². The van der Waals surface area contributed by atoms with Crippen molar-refractivity contribution in [3.8, 4) is 0 Å². The van der Waals surface area contributed by atoms with Gasteiger partial charge >= 0.3 is 70.5 Å². The molecule has 4 aromatic rings. The Kier molecular flexibility index (Phi) is 37.3. The lowest BCUT2D eigenvalue weighted by Crippen LogP contribution is -2.56. The number of methoxy groups -OCH3 is 2. The van der Waals surface area contributed by atoms with Crippen LogP contribution >= 0.6 is 0 Å². The Morgan fingerprint density at radius 1 is 0.420 bits per heavy atom. The maximum Gasteiger partial charge on any atom is 0.410 e. The topological polar surface area (TPSA) is 491 Å². The van der Waals surface area contributed by atoms with Crippen LogP contribution in [-0.4, -0.2) is 344 Å². The molecule has 42 heteroatoms. The molecule has 4 unspecified atom stereocenters. The number of carboxylic acid groups (broad SMARTS) is 1. The molecule has 38 nitrogen and oxygen atoms in total. The zero-order valence-corrected chi connectivity index (χ0v) is 76.1. The van der Waals surface area contributed by atoms with Crippen LogP contribution in [0.4, 0.5) is 19.2 Å². The number of carboxylic acids is 1. The van der Waals surface area contributed by atoms with E-state index in [0.717, 1.165) is 80.0 Å². The number of nitrogens with zero attached hydrogens (tertiary/aromatic N) is 8. The van der Waals surface area contributed by atoms with Crippen molar-refractivity contribution in [3.05, 3.63) is 142 Å². The van der Waals surface area contributed by atoms with Gasteiger partial charge in [-0.25, -0.2) is 19.2 Å². The van der Waals surface area contributed by atoms with Crippen molar-refractivity contribution < 1.29 is 122 Å². The van der Waals surface area contributed by atoms with Crippen molar-refractivity contribution >= 4 is 94.1 Å². The molecule has 13 N–H and O–H groups in total. The monoisotopic (exact) mass is 1820 g/mol. The number of ether oxygens (including phenoxy) is 6. The van der Waals surface area contributed by atoms with Crippen LogP contribution in [0.5, 0.6) is 0 Å². The largest absolute Gasteiger partial charge is 0.480 e. The Bertz CT molecular complexity index is 4560. The van der Waals surface area contributed by atoms with Crippen molar-refractivity contribution in [2.45, 2.75) is 274 Å². The van der Waals surface area contributed by atoms with Gasteiger partial charge in [0, 0.05) is 123 Å². The Balaban J connectivity index is 0.000000163. The van der Waals surface area contributed by atoms with E-state index in [1.807, 2.05) is 86.6 Å². The number of rotatable bonds is 25. The fourth-order valence-corrected chi connectivity index (χ4v) is 18.1. The Hall–Kier alpha value is -9.97. The predicted molar refractivity (Wildman–Crippen MR) is 481 cm³/mol. The van der Waals surface area contributed by atoms with E-state index in [1.165, 1.54) is 52.9 Å². The van der Waals surface area contributed by atoms with Crippen molar-refractivity contribution in [1.29, 1.82) is 0 Å². The van der Waals surface area contributed by atoms with Gasteiger partial charge in [0.2, 0.25) is 11.8 Å². The van der Waals surface area contributed by atoms with E-state index in [2.05, 4.69) is 55.6 Å². The van der Waals surface area contributed by atoms with Crippen LogP contribution in [0.3, 0.4) is 0 Å². The Morgan fingerprint density at radius 3 is 1.05 bits per heavy atom. The molecule has 0 bridgehead atoms. The van der Waals surface area contributed by atoms with Crippen LogP contribution in [0.15, 0.2) is 97.1 Å². The summed E-state index contributed by atoms with van der Waals surface area (Å²) in [6.45, 7) is 16.0. The molecule has 0 radical (unpaired) electrons. The van der Waals surface area contributed by atoms with Gasteiger partial charge in [0.05, 0.1) is 44.5 Å². The number of amides is 8. The van der Waals surface area contributed by atoms with Crippen molar-refractivity contribution in [2.75, 3.05) is 73.1 Å². The summed E-state index contributed by atoms with van der Waals surface area (Å²) in [6.07, 6.45) is 3.81. The summed E-state index contributed by atoms with van der Waals surface area (Å²) in [6, 6.07) is 27.8. The molecule has 131 heavy (non-hydrogen) atoms. The number of aliphatic carboxylic acids is 1.